The molecule has 2 fully saturated rings. The van der Waals surface area contributed by atoms with Gasteiger partial charge in [-0.2, -0.15) is 9.61 Å². The molecule has 0 aromatic carbocycles. The summed E-state index contributed by atoms with van der Waals surface area (Å²) in [6.45, 7) is 4.56. The molecule has 176 valence electrons. The Morgan fingerprint density at radius 2 is 2.03 bits per heavy atom. The van der Waals surface area contributed by atoms with Gasteiger partial charge in [0.25, 0.3) is 11.5 Å². The van der Waals surface area contributed by atoms with Crippen molar-refractivity contribution in [3.63, 3.8) is 0 Å². The Bertz CT molecular complexity index is 1210. The minimum Gasteiger partial charge on any atom is -0.492 e. The molecule has 2 aliphatic rings. The third-order valence-corrected chi connectivity index (χ3v) is 5.87. The van der Waals surface area contributed by atoms with Crippen molar-refractivity contribution in [1.82, 2.24) is 24.4 Å². The Morgan fingerprint density at radius 3 is 2.67 bits per heavy atom. The molecule has 1 saturated heterocycles. The van der Waals surface area contributed by atoms with Gasteiger partial charge >= 0.3 is 0 Å². The highest BCUT2D eigenvalue weighted by Crippen LogP contribution is 2.24. The van der Waals surface area contributed by atoms with E-state index in [1.807, 2.05) is 13.8 Å². The molecule has 3 amide bonds. The van der Waals surface area contributed by atoms with Crippen molar-refractivity contribution in [3.8, 4) is 5.88 Å². The quantitative estimate of drug-likeness (QED) is 0.508. The van der Waals surface area contributed by atoms with Crippen LogP contribution in [0, 0.1) is 5.92 Å². The third kappa shape index (κ3) is 4.35. The molecule has 1 atom stereocenters. The molecule has 1 saturated carbocycles. The maximum absolute atomic E-state index is 13.2. The molecule has 4 N–H and O–H groups in total. The van der Waals surface area contributed by atoms with Crippen molar-refractivity contribution in [1.29, 1.82) is 0 Å². The number of aromatic hydroxyl groups is 1. The molecule has 0 unspecified atom stereocenters. The Labute approximate surface area is 189 Å². The van der Waals surface area contributed by atoms with Gasteiger partial charge in [-0.25, -0.2) is 0 Å². The Balaban J connectivity index is 1.75. The monoisotopic (exact) mass is 456 g/mol. The Morgan fingerprint density at radius 1 is 1.30 bits per heavy atom. The second-order valence-electron chi connectivity index (χ2n) is 9.02. The van der Waals surface area contributed by atoms with Crippen molar-refractivity contribution in [2.75, 3.05) is 6.54 Å². The summed E-state index contributed by atoms with van der Waals surface area (Å²) in [5.74, 6) is -2.04. The minimum atomic E-state index is -0.637. The number of amides is 3. The van der Waals surface area contributed by atoms with E-state index in [-0.39, 0.29) is 35.6 Å². The Hall–Kier alpha value is -3.63. The first-order chi connectivity index (χ1) is 15.7. The average Bonchev–Trinajstić information content (AvgIpc) is 3.25. The van der Waals surface area contributed by atoms with Crippen molar-refractivity contribution < 1.29 is 19.5 Å². The lowest BCUT2D eigenvalue weighted by Crippen LogP contribution is -2.43. The van der Waals surface area contributed by atoms with E-state index in [2.05, 4.69) is 10.4 Å². The van der Waals surface area contributed by atoms with Crippen LogP contribution in [-0.4, -0.2) is 60.5 Å². The average molecular weight is 457 g/mol. The summed E-state index contributed by atoms with van der Waals surface area (Å²) in [6.07, 6.45) is 7.10. The molecule has 1 aliphatic carbocycles. The van der Waals surface area contributed by atoms with Crippen LogP contribution in [0.1, 0.15) is 55.5 Å². The largest absolute Gasteiger partial charge is 0.492 e. The zero-order valence-corrected chi connectivity index (χ0v) is 18.7. The highest BCUT2D eigenvalue weighted by molar-refractivity contribution is 5.98. The number of nitrogens with one attached hydrogen (secondary N) is 1. The van der Waals surface area contributed by atoms with Crippen molar-refractivity contribution >= 4 is 29.4 Å². The summed E-state index contributed by atoms with van der Waals surface area (Å²) in [6, 6.07) is -0.621. The lowest BCUT2D eigenvalue weighted by atomic mass is 10.2. The molecule has 11 heteroatoms. The summed E-state index contributed by atoms with van der Waals surface area (Å²) >= 11 is 0. The lowest BCUT2D eigenvalue weighted by Gasteiger charge is -2.20. The number of hydrogen-bond acceptors (Lipinski definition) is 6. The number of carbonyl (C=O) groups is 3. The fourth-order valence-corrected chi connectivity index (χ4v) is 4.13. The molecule has 11 nitrogen and oxygen atoms in total. The Kier molecular flexibility index (Phi) is 5.96. The summed E-state index contributed by atoms with van der Waals surface area (Å²) in [4.78, 5) is 51.6. The first-order valence-corrected chi connectivity index (χ1v) is 11.1. The van der Waals surface area contributed by atoms with E-state index in [1.165, 1.54) is 27.8 Å². The number of aromatic nitrogens is 3. The van der Waals surface area contributed by atoms with Crippen molar-refractivity contribution in [3.05, 3.63) is 33.8 Å². The first kappa shape index (κ1) is 22.6. The molecule has 0 radical (unpaired) electrons. The fraction of sp³-hybridized carbons (Fsp3) is 0.500. The van der Waals surface area contributed by atoms with Crippen LogP contribution in [0.5, 0.6) is 5.88 Å². The normalized spacial score (nSPS) is 18.5. The molecule has 33 heavy (non-hydrogen) atoms. The van der Waals surface area contributed by atoms with Gasteiger partial charge in [-0.15, -0.1) is 0 Å². The number of hydrogen-bond donors (Lipinski definition) is 3. The van der Waals surface area contributed by atoms with Gasteiger partial charge in [0.1, 0.15) is 11.7 Å². The number of primary amides is 1. The van der Waals surface area contributed by atoms with Gasteiger partial charge in [-0.3, -0.25) is 23.7 Å². The molecular formula is C22H28N6O5. The molecule has 2 aromatic rings. The van der Waals surface area contributed by atoms with Crippen LogP contribution in [0.2, 0.25) is 0 Å². The molecule has 3 heterocycles. The number of nitrogens with two attached hydrogens (primary N) is 1. The lowest BCUT2D eigenvalue weighted by molar-refractivity contribution is -0.133. The van der Waals surface area contributed by atoms with Crippen LogP contribution in [0.3, 0.4) is 0 Å². The maximum Gasteiger partial charge on any atom is 0.270 e. The van der Waals surface area contributed by atoms with Crippen LogP contribution in [0.25, 0.3) is 11.7 Å². The molecular weight excluding hydrogens is 428 g/mol. The zero-order chi connectivity index (χ0) is 23.9. The van der Waals surface area contributed by atoms with Gasteiger partial charge in [0.15, 0.2) is 5.56 Å². The van der Waals surface area contributed by atoms with Gasteiger partial charge in [0.05, 0.1) is 6.20 Å². The highest BCUT2D eigenvalue weighted by Gasteiger charge is 2.32. The summed E-state index contributed by atoms with van der Waals surface area (Å²) in [5.41, 5.74) is 5.10. The SMILES string of the molecule is CC(C)Cn1c(=O)c(C(=O)NC2CC2)c(O)n2ncc(/C=C/C(=O)N3CCC[C@@H]3C(N)=O)c12. The summed E-state index contributed by atoms with van der Waals surface area (Å²) in [7, 11) is 0. The van der Waals surface area contributed by atoms with E-state index in [9.17, 15) is 24.3 Å². The topological polar surface area (TPSA) is 152 Å². The number of nitrogens with zero attached hydrogens (tertiary/aromatic N) is 4. The summed E-state index contributed by atoms with van der Waals surface area (Å²) < 4.78 is 2.53. The van der Waals surface area contributed by atoms with Crippen LogP contribution in [0.15, 0.2) is 17.1 Å². The van der Waals surface area contributed by atoms with E-state index >= 15 is 0 Å². The van der Waals surface area contributed by atoms with Crippen LogP contribution in [0.4, 0.5) is 0 Å². The van der Waals surface area contributed by atoms with E-state index in [1.54, 1.807) is 0 Å². The fourth-order valence-electron chi connectivity index (χ4n) is 4.13. The zero-order valence-electron chi connectivity index (χ0n) is 18.7. The van der Waals surface area contributed by atoms with Crippen molar-refractivity contribution in [2.45, 2.75) is 58.2 Å². The number of rotatable bonds is 7. The van der Waals surface area contributed by atoms with E-state index in [0.717, 1.165) is 17.4 Å². The van der Waals surface area contributed by atoms with E-state index in [4.69, 9.17) is 5.73 Å². The predicted molar refractivity (Wildman–Crippen MR) is 119 cm³/mol. The molecule has 0 bridgehead atoms. The van der Waals surface area contributed by atoms with E-state index < -0.39 is 29.3 Å². The van der Waals surface area contributed by atoms with Crippen LogP contribution >= 0.6 is 0 Å². The molecule has 0 spiro atoms. The van der Waals surface area contributed by atoms with Crippen molar-refractivity contribution in [2.24, 2.45) is 11.7 Å². The van der Waals surface area contributed by atoms with Gasteiger partial charge in [-0.05, 0) is 37.7 Å². The van der Waals surface area contributed by atoms with Gasteiger partial charge in [0, 0.05) is 30.8 Å². The van der Waals surface area contributed by atoms with Gasteiger partial charge in [-0.1, -0.05) is 13.8 Å². The van der Waals surface area contributed by atoms with Gasteiger partial charge < -0.3 is 21.1 Å². The number of carbonyl (C=O) groups excluding carboxylic acids is 3. The number of fused-ring (bicyclic) bond motifs is 1. The highest BCUT2D eigenvalue weighted by atomic mass is 16.3. The van der Waals surface area contributed by atoms with Crippen LogP contribution < -0.4 is 16.6 Å². The van der Waals surface area contributed by atoms with Gasteiger partial charge in [0.2, 0.25) is 17.7 Å². The minimum absolute atomic E-state index is 0.0162. The second kappa shape index (κ2) is 8.72. The number of likely N-dealkylation sites (tertiary alicyclic amines) is 1. The smallest absolute Gasteiger partial charge is 0.270 e. The maximum atomic E-state index is 13.2. The third-order valence-electron chi connectivity index (χ3n) is 5.87. The molecule has 2 aromatic heterocycles. The standard InChI is InChI=1S/C22H28N6O5/c1-12(2)11-27-20-13(5-8-16(29)26-9-3-4-15(26)18(23)30)10-24-28(20)22(33)17(21(27)32)19(31)25-14-6-7-14/h5,8,10,12,14-15,33H,3-4,6-7,9,11H2,1-2H3,(H2,23,30)(H,25,31)/b8-5+/t15-/m1/s1. The summed E-state index contributed by atoms with van der Waals surface area (Å²) in [5, 5.41) is 17.6. The second-order valence-corrected chi connectivity index (χ2v) is 9.02. The predicted octanol–water partition coefficient (Wildman–Crippen LogP) is 0.239. The molecule has 1 aliphatic heterocycles. The van der Waals surface area contributed by atoms with E-state index in [0.29, 0.717) is 24.9 Å². The van der Waals surface area contributed by atoms with Crippen LogP contribution in [-0.2, 0) is 16.1 Å². The first-order valence-electron chi connectivity index (χ1n) is 11.1. The molecule has 4 rings (SSSR count).